The molecule has 1 aliphatic heterocycles. The maximum Gasteiger partial charge on any atom is 0.222 e. The predicted molar refractivity (Wildman–Crippen MR) is 82.0 cm³/mol. The highest BCUT2D eigenvalue weighted by Gasteiger charge is 2.20. The van der Waals surface area contributed by atoms with E-state index in [9.17, 15) is 4.79 Å². The van der Waals surface area contributed by atoms with Crippen molar-refractivity contribution in [1.82, 2.24) is 14.8 Å². The van der Waals surface area contributed by atoms with Crippen LogP contribution in [0.25, 0.3) is 11.5 Å². The van der Waals surface area contributed by atoms with E-state index in [1.54, 1.807) is 17.6 Å². The van der Waals surface area contributed by atoms with E-state index in [0.29, 0.717) is 6.42 Å². The number of hydrogen-bond acceptors (Lipinski definition) is 5. The van der Waals surface area contributed by atoms with Crippen molar-refractivity contribution >= 4 is 17.2 Å². The highest BCUT2D eigenvalue weighted by Crippen LogP contribution is 2.23. The van der Waals surface area contributed by atoms with E-state index in [1.807, 2.05) is 29.3 Å². The number of thiazole rings is 1. The molecule has 0 saturated carbocycles. The van der Waals surface area contributed by atoms with Crippen LogP contribution in [0.1, 0.15) is 18.4 Å². The minimum atomic E-state index is 0.254. The number of rotatable bonds is 4. The van der Waals surface area contributed by atoms with Gasteiger partial charge in [0, 0.05) is 38.0 Å². The third-order valence-corrected chi connectivity index (χ3v) is 4.55. The Kier molecular flexibility index (Phi) is 4.36. The molecule has 2 aromatic rings. The minimum Gasteiger partial charge on any atom is -0.463 e. The molecule has 2 aromatic heterocycles. The summed E-state index contributed by atoms with van der Waals surface area (Å²) >= 11 is 1.66. The maximum atomic E-state index is 11.7. The summed E-state index contributed by atoms with van der Waals surface area (Å²) in [5.41, 5.74) is 0.903. The van der Waals surface area contributed by atoms with Crippen LogP contribution in [0, 0.1) is 0 Å². The third-order valence-electron chi connectivity index (χ3n) is 3.71. The quantitative estimate of drug-likeness (QED) is 0.870. The first-order chi connectivity index (χ1) is 10.3. The number of carbonyl (C=O) groups excluding carboxylic acids is 1. The van der Waals surface area contributed by atoms with Crippen molar-refractivity contribution in [1.29, 1.82) is 0 Å². The van der Waals surface area contributed by atoms with E-state index in [0.717, 1.165) is 49.2 Å². The van der Waals surface area contributed by atoms with Gasteiger partial charge in [-0.25, -0.2) is 4.98 Å². The second-order valence-electron chi connectivity index (χ2n) is 5.11. The number of hydrogen-bond donors (Lipinski definition) is 0. The number of amides is 1. The van der Waals surface area contributed by atoms with E-state index in [1.165, 1.54) is 0 Å². The normalized spacial score (nSPS) is 16.3. The van der Waals surface area contributed by atoms with Gasteiger partial charge < -0.3 is 9.32 Å². The van der Waals surface area contributed by atoms with Crippen molar-refractivity contribution in [3.05, 3.63) is 28.8 Å². The molecule has 1 amide bonds. The van der Waals surface area contributed by atoms with Gasteiger partial charge in [-0.2, -0.15) is 0 Å². The molecule has 0 radical (unpaired) electrons. The van der Waals surface area contributed by atoms with E-state index in [-0.39, 0.29) is 5.91 Å². The SMILES string of the molecule is CCC(=O)N1CCN(Cc2nc(-c3ccco3)cs2)CC1. The highest BCUT2D eigenvalue weighted by atomic mass is 32.1. The Morgan fingerprint density at radius 1 is 1.38 bits per heavy atom. The number of aromatic nitrogens is 1. The molecular weight excluding hydrogens is 286 g/mol. The van der Waals surface area contributed by atoms with Gasteiger partial charge >= 0.3 is 0 Å². The summed E-state index contributed by atoms with van der Waals surface area (Å²) in [4.78, 5) is 20.6. The van der Waals surface area contributed by atoms with Gasteiger partial charge in [0.25, 0.3) is 0 Å². The lowest BCUT2D eigenvalue weighted by Gasteiger charge is -2.34. The zero-order valence-corrected chi connectivity index (χ0v) is 12.9. The molecule has 1 saturated heterocycles. The molecule has 3 rings (SSSR count). The molecule has 6 heteroatoms. The third kappa shape index (κ3) is 3.33. The van der Waals surface area contributed by atoms with Gasteiger partial charge in [0.2, 0.25) is 5.91 Å². The van der Waals surface area contributed by atoms with Crippen molar-refractivity contribution < 1.29 is 9.21 Å². The average Bonchev–Trinajstić information content (AvgIpc) is 3.18. The molecule has 21 heavy (non-hydrogen) atoms. The lowest BCUT2D eigenvalue weighted by Crippen LogP contribution is -2.48. The van der Waals surface area contributed by atoms with Crippen molar-refractivity contribution in [3.8, 4) is 11.5 Å². The van der Waals surface area contributed by atoms with E-state index in [4.69, 9.17) is 4.42 Å². The smallest absolute Gasteiger partial charge is 0.222 e. The number of nitrogens with zero attached hydrogens (tertiary/aromatic N) is 3. The summed E-state index contributed by atoms with van der Waals surface area (Å²) in [5, 5.41) is 3.13. The Bertz CT molecular complexity index is 586. The molecule has 1 aliphatic rings. The Morgan fingerprint density at radius 2 is 2.19 bits per heavy atom. The number of furan rings is 1. The number of piperazine rings is 1. The monoisotopic (exact) mass is 305 g/mol. The fourth-order valence-electron chi connectivity index (χ4n) is 2.49. The van der Waals surface area contributed by atoms with E-state index >= 15 is 0 Å². The zero-order chi connectivity index (χ0) is 14.7. The fraction of sp³-hybridized carbons (Fsp3) is 0.467. The lowest BCUT2D eigenvalue weighted by molar-refractivity contribution is -0.132. The fourth-order valence-corrected chi connectivity index (χ4v) is 3.32. The molecule has 0 N–H and O–H groups in total. The summed E-state index contributed by atoms with van der Waals surface area (Å²) in [7, 11) is 0. The van der Waals surface area contributed by atoms with Crippen molar-refractivity contribution in [2.24, 2.45) is 0 Å². The van der Waals surface area contributed by atoms with Crippen LogP contribution >= 0.6 is 11.3 Å². The first-order valence-electron chi connectivity index (χ1n) is 7.24. The Labute approximate surface area is 128 Å². The van der Waals surface area contributed by atoms with Crippen LogP contribution in [0.15, 0.2) is 28.2 Å². The second-order valence-corrected chi connectivity index (χ2v) is 6.06. The maximum absolute atomic E-state index is 11.7. The van der Waals surface area contributed by atoms with Crippen LogP contribution in [0.2, 0.25) is 0 Å². The Morgan fingerprint density at radius 3 is 2.86 bits per heavy atom. The molecule has 0 unspecified atom stereocenters. The molecule has 0 aromatic carbocycles. The molecule has 0 bridgehead atoms. The van der Waals surface area contributed by atoms with Gasteiger partial charge in [0.05, 0.1) is 12.8 Å². The standard InChI is InChI=1S/C15H19N3O2S/c1-2-15(19)18-7-5-17(6-8-18)10-14-16-12(11-21-14)13-4-3-9-20-13/h3-4,9,11H,2,5-8,10H2,1H3. The minimum absolute atomic E-state index is 0.254. The molecular formula is C15H19N3O2S. The molecule has 0 spiro atoms. The van der Waals surface area contributed by atoms with Crippen molar-refractivity contribution in [2.45, 2.75) is 19.9 Å². The van der Waals surface area contributed by atoms with Gasteiger partial charge in [0.1, 0.15) is 10.7 Å². The van der Waals surface area contributed by atoms with Gasteiger partial charge in [-0.1, -0.05) is 6.92 Å². The molecule has 112 valence electrons. The average molecular weight is 305 g/mol. The van der Waals surface area contributed by atoms with Gasteiger partial charge in [-0.3, -0.25) is 9.69 Å². The summed E-state index contributed by atoms with van der Waals surface area (Å²) in [5.74, 6) is 1.07. The highest BCUT2D eigenvalue weighted by molar-refractivity contribution is 7.09. The lowest BCUT2D eigenvalue weighted by atomic mass is 10.3. The van der Waals surface area contributed by atoms with Gasteiger partial charge in [0.15, 0.2) is 5.76 Å². The van der Waals surface area contributed by atoms with Crippen LogP contribution < -0.4 is 0 Å². The van der Waals surface area contributed by atoms with Gasteiger partial charge in [-0.15, -0.1) is 11.3 Å². The van der Waals surface area contributed by atoms with Crippen LogP contribution in [-0.2, 0) is 11.3 Å². The van der Waals surface area contributed by atoms with Gasteiger partial charge in [-0.05, 0) is 12.1 Å². The Hall–Kier alpha value is -1.66. The first kappa shape index (κ1) is 14.3. The largest absolute Gasteiger partial charge is 0.463 e. The van der Waals surface area contributed by atoms with Crippen molar-refractivity contribution in [3.63, 3.8) is 0 Å². The van der Waals surface area contributed by atoms with Crippen LogP contribution in [0.5, 0.6) is 0 Å². The molecule has 0 atom stereocenters. The molecule has 3 heterocycles. The second kappa shape index (κ2) is 6.41. The molecule has 1 fully saturated rings. The zero-order valence-electron chi connectivity index (χ0n) is 12.1. The van der Waals surface area contributed by atoms with Crippen LogP contribution in [0.3, 0.4) is 0 Å². The predicted octanol–water partition coefficient (Wildman–Crippen LogP) is 2.46. The van der Waals surface area contributed by atoms with Crippen LogP contribution in [0.4, 0.5) is 0 Å². The topological polar surface area (TPSA) is 49.6 Å². The van der Waals surface area contributed by atoms with E-state index < -0.39 is 0 Å². The summed E-state index contributed by atoms with van der Waals surface area (Å²) in [6.45, 7) is 6.25. The molecule has 5 nitrogen and oxygen atoms in total. The van der Waals surface area contributed by atoms with Crippen LogP contribution in [-0.4, -0.2) is 46.9 Å². The summed E-state index contributed by atoms with van der Waals surface area (Å²) in [6.07, 6.45) is 2.26. The molecule has 0 aliphatic carbocycles. The van der Waals surface area contributed by atoms with E-state index in [2.05, 4.69) is 9.88 Å². The first-order valence-corrected chi connectivity index (χ1v) is 8.12. The number of carbonyl (C=O) groups is 1. The summed E-state index contributed by atoms with van der Waals surface area (Å²) in [6, 6.07) is 3.80. The van der Waals surface area contributed by atoms with Crippen molar-refractivity contribution in [2.75, 3.05) is 26.2 Å². The Balaban J connectivity index is 1.55. The summed E-state index contributed by atoms with van der Waals surface area (Å²) < 4.78 is 5.36.